The van der Waals surface area contributed by atoms with E-state index in [1.54, 1.807) is 7.11 Å². The van der Waals surface area contributed by atoms with E-state index in [1.807, 2.05) is 19.1 Å². The van der Waals surface area contributed by atoms with Crippen LogP contribution in [-0.4, -0.2) is 7.11 Å². The highest BCUT2D eigenvalue weighted by Crippen LogP contribution is 2.36. The molecule has 2 aromatic carbocycles. The van der Waals surface area contributed by atoms with E-state index < -0.39 is 11.6 Å². The van der Waals surface area contributed by atoms with E-state index in [9.17, 15) is 8.78 Å². The summed E-state index contributed by atoms with van der Waals surface area (Å²) >= 11 is 0. The topological polar surface area (TPSA) is 9.23 Å². The Morgan fingerprint density at radius 3 is 2.19 bits per heavy atom. The van der Waals surface area contributed by atoms with Crippen molar-refractivity contribution in [2.24, 2.45) is 5.92 Å². The lowest BCUT2D eigenvalue weighted by Crippen LogP contribution is -2.12. The van der Waals surface area contributed by atoms with Crippen LogP contribution in [0, 0.1) is 29.4 Å². The van der Waals surface area contributed by atoms with Crippen molar-refractivity contribution in [1.29, 1.82) is 0 Å². The molecule has 3 heteroatoms. The third-order valence-corrected chi connectivity index (χ3v) is 5.36. The molecule has 0 aromatic heterocycles. The van der Waals surface area contributed by atoms with Gasteiger partial charge in [-0.3, -0.25) is 0 Å². The summed E-state index contributed by atoms with van der Waals surface area (Å²) in [6, 6.07) is 11.1. The van der Waals surface area contributed by atoms with Gasteiger partial charge in [-0.25, -0.2) is 8.78 Å². The Balaban J connectivity index is 1.63. The highest BCUT2D eigenvalue weighted by molar-refractivity contribution is 5.39. The number of hydrogen-bond acceptors (Lipinski definition) is 1. The third-order valence-electron chi connectivity index (χ3n) is 5.36. The van der Waals surface area contributed by atoms with Gasteiger partial charge in [-0.05, 0) is 73.4 Å². The number of aryl methyl sites for hydroxylation is 1. The largest absolute Gasteiger partial charge is 0.497 e. The summed E-state index contributed by atoms with van der Waals surface area (Å²) in [5, 5.41) is 0. The van der Waals surface area contributed by atoms with Gasteiger partial charge in [0.15, 0.2) is 0 Å². The van der Waals surface area contributed by atoms with Gasteiger partial charge in [-0.1, -0.05) is 37.3 Å². The van der Waals surface area contributed by atoms with Crippen LogP contribution in [0.2, 0.25) is 0 Å². The smallest absolute Gasteiger partial charge is 0.142 e. The molecule has 0 unspecified atom stereocenters. The summed E-state index contributed by atoms with van der Waals surface area (Å²) in [6.45, 7) is 1.99. The van der Waals surface area contributed by atoms with Gasteiger partial charge in [-0.15, -0.1) is 0 Å². The highest BCUT2D eigenvalue weighted by Gasteiger charge is 2.21. The fourth-order valence-corrected chi connectivity index (χ4v) is 3.80. The van der Waals surface area contributed by atoms with Crippen molar-refractivity contribution < 1.29 is 13.5 Å². The van der Waals surface area contributed by atoms with Crippen LogP contribution in [0.15, 0.2) is 36.4 Å². The predicted octanol–water partition coefficient (Wildman–Crippen LogP) is 6.25. The molecule has 3 rings (SSSR count). The second kappa shape index (κ2) is 9.04. The van der Waals surface area contributed by atoms with E-state index >= 15 is 0 Å². The Morgan fingerprint density at radius 2 is 1.63 bits per heavy atom. The normalized spacial score (nSPS) is 19.3. The molecular formula is C24H26F2O. The van der Waals surface area contributed by atoms with Crippen molar-refractivity contribution in [3.8, 4) is 17.6 Å². The zero-order chi connectivity index (χ0) is 19.2. The van der Waals surface area contributed by atoms with Crippen molar-refractivity contribution in [3.63, 3.8) is 0 Å². The van der Waals surface area contributed by atoms with E-state index in [2.05, 4.69) is 24.0 Å². The first-order valence-electron chi connectivity index (χ1n) is 9.74. The Kier molecular flexibility index (Phi) is 6.50. The van der Waals surface area contributed by atoms with Crippen molar-refractivity contribution >= 4 is 0 Å². The van der Waals surface area contributed by atoms with Crippen LogP contribution in [0.1, 0.15) is 61.6 Å². The molecule has 0 heterocycles. The number of methoxy groups -OCH3 is 1. The standard InChI is InChI=1S/C24H26F2O/c1-3-4-18-15-23(25)22(24(26)16-18)14-7-17-5-8-19(9-6-17)20-10-12-21(27-2)13-11-20/h10-13,15-17,19H,3-6,8-9H2,1-2H3/t17-,19-. The molecule has 1 nitrogen and oxygen atoms in total. The van der Waals surface area contributed by atoms with Crippen LogP contribution in [0.4, 0.5) is 8.78 Å². The quantitative estimate of drug-likeness (QED) is 0.580. The second-order valence-electron chi connectivity index (χ2n) is 7.28. The lowest BCUT2D eigenvalue weighted by atomic mass is 9.79. The molecule has 1 saturated carbocycles. The molecule has 0 N–H and O–H groups in total. The number of benzene rings is 2. The van der Waals surface area contributed by atoms with Gasteiger partial charge in [0, 0.05) is 5.92 Å². The first kappa shape index (κ1) is 19.4. The van der Waals surface area contributed by atoms with Crippen molar-refractivity contribution in [2.75, 3.05) is 7.11 Å². The average molecular weight is 368 g/mol. The van der Waals surface area contributed by atoms with E-state index in [4.69, 9.17) is 4.74 Å². The lowest BCUT2D eigenvalue weighted by molar-refractivity contribution is 0.383. The molecule has 2 aromatic rings. The fourth-order valence-electron chi connectivity index (χ4n) is 3.80. The average Bonchev–Trinajstić information content (AvgIpc) is 2.68. The zero-order valence-electron chi connectivity index (χ0n) is 16.0. The maximum absolute atomic E-state index is 14.2. The number of rotatable bonds is 4. The zero-order valence-corrected chi connectivity index (χ0v) is 16.0. The van der Waals surface area contributed by atoms with E-state index in [0.29, 0.717) is 17.9 Å². The van der Waals surface area contributed by atoms with Gasteiger partial charge in [0.25, 0.3) is 0 Å². The first-order valence-corrected chi connectivity index (χ1v) is 9.74. The molecule has 0 aliphatic heterocycles. The van der Waals surface area contributed by atoms with Gasteiger partial charge < -0.3 is 4.74 Å². The van der Waals surface area contributed by atoms with Gasteiger partial charge in [-0.2, -0.15) is 0 Å². The summed E-state index contributed by atoms with van der Waals surface area (Å²) in [7, 11) is 1.67. The van der Waals surface area contributed by atoms with Crippen molar-refractivity contribution in [1.82, 2.24) is 0 Å². The van der Waals surface area contributed by atoms with E-state index in [-0.39, 0.29) is 11.5 Å². The second-order valence-corrected chi connectivity index (χ2v) is 7.28. The van der Waals surface area contributed by atoms with E-state index in [1.165, 1.54) is 17.7 Å². The molecule has 142 valence electrons. The molecule has 0 amide bonds. The van der Waals surface area contributed by atoms with Crippen LogP contribution >= 0.6 is 0 Å². The molecule has 1 fully saturated rings. The maximum atomic E-state index is 14.2. The Bertz CT molecular complexity index is 799. The molecule has 0 radical (unpaired) electrons. The molecular weight excluding hydrogens is 342 g/mol. The monoisotopic (exact) mass is 368 g/mol. The molecule has 1 aliphatic carbocycles. The van der Waals surface area contributed by atoms with Crippen LogP contribution in [0.5, 0.6) is 5.75 Å². The Hall–Kier alpha value is -2.34. The van der Waals surface area contributed by atoms with Crippen LogP contribution in [0.25, 0.3) is 0 Å². The van der Waals surface area contributed by atoms with Gasteiger partial charge in [0.05, 0.1) is 12.7 Å². The van der Waals surface area contributed by atoms with Crippen LogP contribution < -0.4 is 4.74 Å². The van der Waals surface area contributed by atoms with Gasteiger partial charge in [0.2, 0.25) is 0 Å². The summed E-state index contributed by atoms with van der Waals surface area (Å²) < 4.78 is 33.6. The minimum atomic E-state index is -0.544. The summed E-state index contributed by atoms with van der Waals surface area (Å²) in [4.78, 5) is 0. The minimum Gasteiger partial charge on any atom is -0.497 e. The molecule has 0 bridgehead atoms. The van der Waals surface area contributed by atoms with Crippen molar-refractivity contribution in [3.05, 3.63) is 64.7 Å². The van der Waals surface area contributed by atoms with Crippen LogP contribution in [-0.2, 0) is 6.42 Å². The molecule has 1 aliphatic rings. The lowest BCUT2D eigenvalue weighted by Gasteiger charge is -2.26. The van der Waals surface area contributed by atoms with Crippen LogP contribution in [0.3, 0.4) is 0 Å². The van der Waals surface area contributed by atoms with Crippen molar-refractivity contribution in [2.45, 2.75) is 51.4 Å². The maximum Gasteiger partial charge on any atom is 0.142 e. The van der Waals surface area contributed by atoms with E-state index in [0.717, 1.165) is 37.9 Å². The minimum absolute atomic E-state index is 0.0906. The predicted molar refractivity (Wildman–Crippen MR) is 105 cm³/mol. The molecule has 0 saturated heterocycles. The fraction of sp³-hybridized carbons (Fsp3) is 0.417. The Labute approximate surface area is 160 Å². The first-order chi connectivity index (χ1) is 13.1. The number of hydrogen-bond donors (Lipinski definition) is 0. The molecule has 27 heavy (non-hydrogen) atoms. The highest BCUT2D eigenvalue weighted by atomic mass is 19.1. The molecule has 0 atom stereocenters. The number of ether oxygens (including phenoxy) is 1. The summed E-state index contributed by atoms with van der Waals surface area (Å²) in [6.07, 6.45) is 5.55. The molecule has 0 spiro atoms. The SMILES string of the molecule is CCCc1cc(F)c(C#C[C@H]2CC[C@H](c3ccc(OC)cc3)CC2)c(F)c1. The summed E-state index contributed by atoms with van der Waals surface area (Å²) in [5.41, 5.74) is 1.93. The van der Waals surface area contributed by atoms with Gasteiger partial charge in [0.1, 0.15) is 17.4 Å². The van der Waals surface area contributed by atoms with Gasteiger partial charge >= 0.3 is 0 Å². The number of halogens is 2. The summed E-state index contributed by atoms with van der Waals surface area (Å²) in [5.74, 6) is 6.39. The third kappa shape index (κ3) is 4.89. The Morgan fingerprint density at radius 1 is 1.00 bits per heavy atom.